The maximum Gasteiger partial charge on any atom is 0.105 e. The third-order valence-corrected chi connectivity index (χ3v) is 5.52. The molecule has 4 rings (SSSR count). The van der Waals surface area contributed by atoms with Crippen molar-refractivity contribution in [1.29, 1.82) is 0 Å². The molecule has 3 heteroatoms. The van der Waals surface area contributed by atoms with Gasteiger partial charge in [-0.25, -0.2) is 4.68 Å². The van der Waals surface area contributed by atoms with Crippen molar-refractivity contribution in [3.8, 4) is 16.9 Å². The van der Waals surface area contributed by atoms with Crippen molar-refractivity contribution in [2.75, 3.05) is 0 Å². The van der Waals surface area contributed by atoms with Gasteiger partial charge >= 0.3 is 0 Å². The molecule has 0 saturated carbocycles. The highest BCUT2D eigenvalue weighted by Crippen LogP contribution is 2.46. The molecule has 0 atom stereocenters. The van der Waals surface area contributed by atoms with Crippen LogP contribution in [0.4, 0.5) is 0 Å². The van der Waals surface area contributed by atoms with Crippen LogP contribution >= 0.6 is 10.9 Å². The third-order valence-electron chi connectivity index (χ3n) is 3.65. The lowest BCUT2D eigenvalue weighted by atomic mass is 10.2. The predicted molar refractivity (Wildman–Crippen MR) is 94.5 cm³/mol. The van der Waals surface area contributed by atoms with Crippen LogP contribution in [0.3, 0.4) is 0 Å². The monoisotopic (exact) mass is 304 g/mol. The number of thiol groups is 1. The van der Waals surface area contributed by atoms with Crippen LogP contribution in [0.15, 0.2) is 94.7 Å². The molecular formula is C19H16N2S. The summed E-state index contributed by atoms with van der Waals surface area (Å²) in [7, 11) is -0.399. The fourth-order valence-electron chi connectivity index (χ4n) is 2.56. The third kappa shape index (κ3) is 2.40. The molecule has 22 heavy (non-hydrogen) atoms. The van der Waals surface area contributed by atoms with E-state index in [2.05, 4.69) is 65.6 Å². The number of hydrogen-bond acceptors (Lipinski definition) is 1. The molecule has 0 radical (unpaired) electrons. The lowest BCUT2D eigenvalue weighted by Crippen LogP contribution is -1.93. The number of para-hydroxylation sites is 1. The Balaban J connectivity index is 1.87. The molecular weight excluding hydrogens is 288 g/mol. The molecule has 2 nitrogen and oxygen atoms in total. The zero-order valence-corrected chi connectivity index (χ0v) is 12.9. The van der Waals surface area contributed by atoms with Gasteiger partial charge in [-0.15, -0.1) is 0 Å². The number of aromatic nitrogens is 2. The first kappa shape index (κ1) is 13.2. The number of benzene rings is 2. The van der Waals surface area contributed by atoms with E-state index in [9.17, 15) is 0 Å². The summed E-state index contributed by atoms with van der Waals surface area (Å²) in [5.41, 5.74) is 3.34. The van der Waals surface area contributed by atoms with Crippen molar-refractivity contribution in [2.24, 2.45) is 0 Å². The largest absolute Gasteiger partial charge is 0.239 e. The zero-order valence-electron chi connectivity index (χ0n) is 12.0. The molecule has 0 bridgehead atoms. The SMILES string of the molecule is C1=C[SH](c2cn(-c3ccccc3)nc2-c2ccccc2)C=C1. The van der Waals surface area contributed by atoms with E-state index in [0.29, 0.717) is 0 Å². The minimum Gasteiger partial charge on any atom is -0.239 e. The molecule has 3 aromatic rings. The zero-order chi connectivity index (χ0) is 14.8. The van der Waals surface area contributed by atoms with E-state index < -0.39 is 10.9 Å². The Hall–Kier alpha value is -2.52. The fourth-order valence-corrected chi connectivity index (χ4v) is 4.21. The van der Waals surface area contributed by atoms with E-state index in [1.807, 2.05) is 28.9 Å². The molecule has 0 saturated heterocycles. The van der Waals surface area contributed by atoms with Gasteiger partial charge in [0.15, 0.2) is 0 Å². The summed E-state index contributed by atoms with van der Waals surface area (Å²) in [4.78, 5) is 1.30. The van der Waals surface area contributed by atoms with E-state index in [1.165, 1.54) is 10.5 Å². The quantitative estimate of drug-likeness (QED) is 0.679. The molecule has 0 unspecified atom stereocenters. The summed E-state index contributed by atoms with van der Waals surface area (Å²) >= 11 is 0. The van der Waals surface area contributed by atoms with Crippen molar-refractivity contribution >= 4 is 10.9 Å². The van der Waals surface area contributed by atoms with Gasteiger partial charge in [0, 0.05) is 16.7 Å². The first-order chi connectivity index (χ1) is 10.9. The van der Waals surface area contributed by atoms with Gasteiger partial charge in [0.05, 0.1) is 5.69 Å². The number of nitrogens with zero attached hydrogens (tertiary/aromatic N) is 2. The topological polar surface area (TPSA) is 17.8 Å². The molecule has 0 amide bonds. The molecule has 0 N–H and O–H groups in total. The average molecular weight is 304 g/mol. The van der Waals surface area contributed by atoms with Crippen LogP contribution in [0.2, 0.25) is 0 Å². The van der Waals surface area contributed by atoms with Crippen molar-refractivity contribution in [1.82, 2.24) is 9.78 Å². The lowest BCUT2D eigenvalue weighted by Gasteiger charge is -2.09. The van der Waals surface area contributed by atoms with Crippen LogP contribution < -0.4 is 0 Å². The van der Waals surface area contributed by atoms with Crippen LogP contribution in [0.1, 0.15) is 0 Å². The molecule has 1 aliphatic rings. The molecule has 108 valence electrons. The standard InChI is InChI=1S/C19H16N2S/c1-3-9-16(10-4-1)19-18(22-13-7-8-14-22)15-21(20-19)17-11-5-2-6-12-17/h1-15,22H. The number of allylic oxidation sites excluding steroid dienone is 2. The summed E-state index contributed by atoms with van der Waals surface area (Å²) in [6, 6.07) is 20.7. The van der Waals surface area contributed by atoms with Crippen LogP contribution in [0.25, 0.3) is 16.9 Å². The molecule has 1 aliphatic heterocycles. The Bertz CT molecular complexity index is 820. The molecule has 0 spiro atoms. The Morgan fingerprint density at radius 1 is 0.773 bits per heavy atom. The van der Waals surface area contributed by atoms with Crippen molar-refractivity contribution in [3.05, 3.63) is 89.8 Å². The maximum absolute atomic E-state index is 4.86. The first-order valence-corrected chi connectivity index (χ1v) is 8.74. The second-order valence-electron chi connectivity index (χ2n) is 5.10. The fraction of sp³-hybridized carbons (Fsp3) is 0. The summed E-state index contributed by atoms with van der Waals surface area (Å²) in [5.74, 6) is 0. The van der Waals surface area contributed by atoms with Gasteiger partial charge < -0.3 is 0 Å². The highest BCUT2D eigenvalue weighted by Gasteiger charge is 2.16. The van der Waals surface area contributed by atoms with Crippen molar-refractivity contribution < 1.29 is 0 Å². The smallest absolute Gasteiger partial charge is 0.105 e. The van der Waals surface area contributed by atoms with Gasteiger partial charge in [-0.1, -0.05) is 60.7 Å². The van der Waals surface area contributed by atoms with E-state index in [1.54, 1.807) is 0 Å². The Morgan fingerprint density at radius 3 is 2.09 bits per heavy atom. The maximum atomic E-state index is 4.86. The average Bonchev–Trinajstić information content (AvgIpc) is 3.26. The summed E-state index contributed by atoms with van der Waals surface area (Å²) < 4.78 is 1.99. The van der Waals surface area contributed by atoms with Gasteiger partial charge in [0.25, 0.3) is 0 Å². The van der Waals surface area contributed by atoms with Gasteiger partial charge in [0.2, 0.25) is 0 Å². The highest BCUT2D eigenvalue weighted by atomic mass is 32.2. The normalized spacial score (nSPS) is 14.6. The lowest BCUT2D eigenvalue weighted by molar-refractivity contribution is 0.883. The molecule has 2 heterocycles. The van der Waals surface area contributed by atoms with Gasteiger partial charge in [-0.3, -0.25) is 0 Å². The highest BCUT2D eigenvalue weighted by molar-refractivity contribution is 8.22. The minimum atomic E-state index is -0.399. The molecule has 1 aromatic heterocycles. The molecule has 2 aromatic carbocycles. The van der Waals surface area contributed by atoms with Gasteiger partial charge in [-0.05, 0) is 22.9 Å². The van der Waals surface area contributed by atoms with Crippen LogP contribution in [-0.2, 0) is 0 Å². The molecule has 0 fully saturated rings. The second-order valence-corrected chi connectivity index (χ2v) is 6.99. The van der Waals surface area contributed by atoms with Crippen molar-refractivity contribution in [2.45, 2.75) is 4.90 Å². The summed E-state index contributed by atoms with van der Waals surface area (Å²) in [6.07, 6.45) is 6.42. The van der Waals surface area contributed by atoms with Crippen LogP contribution in [0, 0.1) is 0 Å². The first-order valence-electron chi connectivity index (χ1n) is 7.26. The van der Waals surface area contributed by atoms with E-state index in [4.69, 9.17) is 5.10 Å². The van der Waals surface area contributed by atoms with Crippen molar-refractivity contribution in [3.63, 3.8) is 0 Å². The van der Waals surface area contributed by atoms with Crippen LogP contribution in [-0.4, -0.2) is 9.78 Å². The molecule has 0 aliphatic carbocycles. The Labute approximate surface area is 132 Å². The number of hydrogen-bond donors (Lipinski definition) is 1. The minimum absolute atomic E-state index is 0.399. The van der Waals surface area contributed by atoms with E-state index in [-0.39, 0.29) is 0 Å². The van der Waals surface area contributed by atoms with E-state index in [0.717, 1.165) is 11.4 Å². The summed E-state index contributed by atoms with van der Waals surface area (Å²) in [6.45, 7) is 0. The second kappa shape index (κ2) is 5.70. The Morgan fingerprint density at radius 2 is 1.41 bits per heavy atom. The predicted octanol–water partition coefficient (Wildman–Crippen LogP) is 4.94. The number of rotatable bonds is 3. The van der Waals surface area contributed by atoms with Gasteiger partial charge in [-0.2, -0.15) is 16.0 Å². The van der Waals surface area contributed by atoms with Gasteiger partial charge in [0.1, 0.15) is 5.69 Å². The van der Waals surface area contributed by atoms with Crippen LogP contribution in [0.5, 0.6) is 0 Å². The van der Waals surface area contributed by atoms with E-state index >= 15 is 0 Å². The summed E-state index contributed by atoms with van der Waals surface area (Å²) in [5, 5.41) is 9.40. The Kier molecular flexibility index (Phi) is 3.41.